The van der Waals surface area contributed by atoms with Crippen molar-refractivity contribution in [3.05, 3.63) is 70.0 Å². The molecule has 0 saturated heterocycles. The van der Waals surface area contributed by atoms with Gasteiger partial charge in [-0.1, -0.05) is 25.5 Å². The Morgan fingerprint density at radius 3 is 2.48 bits per heavy atom. The number of anilines is 1. The minimum atomic E-state index is -0.730. The van der Waals surface area contributed by atoms with E-state index in [0.29, 0.717) is 28.8 Å². The standard InChI is InChI=1S/C22H22N2O5/c1-3-4-13-29-22(28)14-9-11-15(12-10-14)23-20(26)18-19(25)16-7-5-6-8-17(16)24(2)21(18)27/h5-12,25H,3-4,13H2,1-2H3,(H,23,26). The predicted octanol–water partition coefficient (Wildman–Crippen LogP) is 3.45. The number of aromatic hydroxyl groups is 1. The van der Waals surface area contributed by atoms with Gasteiger partial charge in [-0.25, -0.2) is 4.79 Å². The first-order valence-corrected chi connectivity index (χ1v) is 9.33. The molecule has 0 aliphatic carbocycles. The van der Waals surface area contributed by atoms with Gasteiger partial charge in [0.15, 0.2) is 0 Å². The molecule has 2 aromatic carbocycles. The number of unbranched alkanes of at least 4 members (excludes halogenated alkanes) is 1. The van der Waals surface area contributed by atoms with E-state index in [1.807, 2.05) is 6.92 Å². The van der Waals surface area contributed by atoms with E-state index in [-0.39, 0.29) is 11.3 Å². The lowest BCUT2D eigenvalue weighted by Gasteiger charge is -2.12. The van der Waals surface area contributed by atoms with Gasteiger partial charge in [0, 0.05) is 18.1 Å². The van der Waals surface area contributed by atoms with Crippen LogP contribution in [-0.2, 0) is 11.8 Å². The van der Waals surface area contributed by atoms with E-state index in [1.54, 1.807) is 31.3 Å². The van der Waals surface area contributed by atoms with Crippen molar-refractivity contribution in [1.29, 1.82) is 0 Å². The van der Waals surface area contributed by atoms with Crippen LogP contribution >= 0.6 is 0 Å². The van der Waals surface area contributed by atoms with E-state index in [4.69, 9.17) is 4.74 Å². The van der Waals surface area contributed by atoms with Crippen LogP contribution in [0.2, 0.25) is 0 Å². The molecule has 3 rings (SSSR count). The molecule has 0 bridgehead atoms. The molecule has 1 heterocycles. The Morgan fingerprint density at radius 2 is 1.79 bits per heavy atom. The molecule has 0 radical (unpaired) electrons. The number of para-hydroxylation sites is 1. The first-order valence-electron chi connectivity index (χ1n) is 9.33. The van der Waals surface area contributed by atoms with Gasteiger partial charge in [-0.3, -0.25) is 9.59 Å². The zero-order valence-electron chi connectivity index (χ0n) is 16.3. The summed E-state index contributed by atoms with van der Waals surface area (Å²) in [7, 11) is 1.54. The first kappa shape index (κ1) is 20.1. The van der Waals surface area contributed by atoms with Gasteiger partial charge in [0.05, 0.1) is 17.7 Å². The molecular formula is C22H22N2O5. The molecule has 150 valence electrons. The summed E-state index contributed by atoms with van der Waals surface area (Å²) in [6.45, 7) is 2.37. The molecule has 2 N–H and O–H groups in total. The van der Waals surface area contributed by atoms with Crippen molar-refractivity contribution >= 4 is 28.5 Å². The zero-order chi connectivity index (χ0) is 21.0. The number of pyridine rings is 1. The lowest BCUT2D eigenvalue weighted by Crippen LogP contribution is -2.28. The second-order valence-electron chi connectivity index (χ2n) is 6.63. The lowest BCUT2D eigenvalue weighted by molar-refractivity contribution is 0.0499. The third kappa shape index (κ3) is 4.13. The molecule has 29 heavy (non-hydrogen) atoms. The molecule has 1 amide bonds. The van der Waals surface area contributed by atoms with Crippen molar-refractivity contribution in [2.45, 2.75) is 19.8 Å². The van der Waals surface area contributed by atoms with Gasteiger partial charge in [-0.05, 0) is 42.8 Å². The molecule has 7 heteroatoms. The van der Waals surface area contributed by atoms with Gasteiger partial charge < -0.3 is 19.7 Å². The Morgan fingerprint density at radius 1 is 1.10 bits per heavy atom. The van der Waals surface area contributed by atoms with Crippen LogP contribution in [0.5, 0.6) is 5.75 Å². The Balaban J connectivity index is 1.82. The SMILES string of the molecule is CCCCOC(=O)c1ccc(NC(=O)c2c(O)c3ccccc3n(C)c2=O)cc1. The molecule has 7 nitrogen and oxygen atoms in total. The van der Waals surface area contributed by atoms with Crippen molar-refractivity contribution < 1.29 is 19.4 Å². The van der Waals surface area contributed by atoms with Crippen molar-refractivity contribution in [2.75, 3.05) is 11.9 Å². The Hall–Kier alpha value is -3.61. The van der Waals surface area contributed by atoms with Gasteiger partial charge in [0.2, 0.25) is 0 Å². The molecule has 0 saturated carbocycles. The fraction of sp³-hybridized carbons (Fsp3) is 0.227. The van der Waals surface area contributed by atoms with E-state index in [2.05, 4.69) is 5.32 Å². The van der Waals surface area contributed by atoms with Crippen LogP contribution in [0.15, 0.2) is 53.3 Å². The molecule has 0 unspecified atom stereocenters. The van der Waals surface area contributed by atoms with Crippen molar-refractivity contribution in [3.63, 3.8) is 0 Å². The monoisotopic (exact) mass is 394 g/mol. The Labute approximate surface area is 167 Å². The number of nitrogens with zero attached hydrogens (tertiary/aromatic N) is 1. The Kier molecular flexibility index (Phi) is 5.97. The van der Waals surface area contributed by atoms with E-state index < -0.39 is 17.4 Å². The maximum absolute atomic E-state index is 12.7. The number of hydrogen-bond acceptors (Lipinski definition) is 5. The minimum absolute atomic E-state index is 0.339. The number of aryl methyl sites for hydroxylation is 1. The summed E-state index contributed by atoms with van der Waals surface area (Å²) in [5, 5.41) is 13.5. The molecule has 0 spiro atoms. The van der Waals surface area contributed by atoms with Gasteiger partial charge in [-0.15, -0.1) is 0 Å². The number of ether oxygens (including phenoxy) is 1. The predicted molar refractivity (Wildman–Crippen MR) is 110 cm³/mol. The van der Waals surface area contributed by atoms with E-state index in [0.717, 1.165) is 12.8 Å². The number of carbonyl (C=O) groups excluding carboxylic acids is 2. The summed E-state index contributed by atoms with van der Waals surface area (Å²) in [5.74, 6) is -1.53. The van der Waals surface area contributed by atoms with Crippen molar-refractivity contribution in [2.24, 2.45) is 7.05 Å². The van der Waals surface area contributed by atoms with Gasteiger partial charge in [0.1, 0.15) is 11.3 Å². The normalized spacial score (nSPS) is 10.7. The van der Waals surface area contributed by atoms with Crippen LogP contribution in [-0.4, -0.2) is 28.2 Å². The summed E-state index contributed by atoms with van der Waals surface area (Å²) in [6.07, 6.45) is 1.73. The number of aromatic nitrogens is 1. The minimum Gasteiger partial charge on any atom is -0.506 e. The Bertz CT molecular complexity index is 1120. The largest absolute Gasteiger partial charge is 0.506 e. The highest BCUT2D eigenvalue weighted by atomic mass is 16.5. The maximum Gasteiger partial charge on any atom is 0.338 e. The average molecular weight is 394 g/mol. The van der Waals surface area contributed by atoms with Crippen LogP contribution < -0.4 is 10.9 Å². The highest BCUT2D eigenvalue weighted by molar-refractivity contribution is 6.09. The third-order valence-corrected chi connectivity index (χ3v) is 4.61. The van der Waals surface area contributed by atoms with E-state index in [9.17, 15) is 19.5 Å². The number of benzene rings is 2. The van der Waals surface area contributed by atoms with Gasteiger partial charge >= 0.3 is 5.97 Å². The molecule has 0 aliphatic rings. The highest BCUT2D eigenvalue weighted by Gasteiger charge is 2.21. The second kappa shape index (κ2) is 8.60. The summed E-state index contributed by atoms with van der Waals surface area (Å²) in [5.41, 5.74) is 0.333. The van der Waals surface area contributed by atoms with Crippen LogP contribution in [0, 0.1) is 0 Å². The number of nitrogens with one attached hydrogen (secondary N) is 1. The topological polar surface area (TPSA) is 97.6 Å². The van der Waals surface area contributed by atoms with E-state index in [1.165, 1.54) is 28.8 Å². The van der Waals surface area contributed by atoms with Crippen molar-refractivity contribution in [1.82, 2.24) is 4.57 Å². The summed E-state index contributed by atoms with van der Waals surface area (Å²) in [4.78, 5) is 37.2. The summed E-state index contributed by atoms with van der Waals surface area (Å²) >= 11 is 0. The number of amides is 1. The van der Waals surface area contributed by atoms with Gasteiger partial charge in [-0.2, -0.15) is 0 Å². The molecular weight excluding hydrogens is 372 g/mol. The maximum atomic E-state index is 12.7. The lowest BCUT2D eigenvalue weighted by atomic mass is 10.1. The molecule has 3 aromatic rings. The molecule has 0 aliphatic heterocycles. The smallest absolute Gasteiger partial charge is 0.338 e. The first-order chi connectivity index (χ1) is 13.9. The molecule has 0 fully saturated rings. The zero-order valence-corrected chi connectivity index (χ0v) is 16.3. The number of fused-ring (bicyclic) bond motifs is 1. The fourth-order valence-corrected chi connectivity index (χ4v) is 2.96. The quantitative estimate of drug-likeness (QED) is 0.493. The number of hydrogen-bond donors (Lipinski definition) is 2. The van der Waals surface area contributed by atoms with Crippen LogP contribution in [0.1, 0.15) is 40.5 Å². The van der Waals surface area contributed by atoms with E-state index >= 15 is 0 Å². The van der Waals surface area contributed by atoms with Crippen LogP contribution in [0.4, 0.5) is 5.69 Å². The summed E-state index contributed by atoms with van der Waals surface area (Å²) in [6, 6.07) is 12.9. The molecule has 0 atom stereocenters. The van der Waals surface area contributed by atoms with Gasteiger partial charge in [0.25, 0.3) is 11.5 Å². The number of carbonyl (C=O) groups is 2. The number of esters is 1. The van der Waals surface area contributed by atoms with Crippen LogP contribution in [0.3, 0.4) is 0 Å². The average Bonchev–Trinajstić information content (AvgIpc) is 2.73. The fourth-order valence-electron chi connectivity index (χ4n) is 2.96. The second-order valence-corrected chi connectivity index (χ2v) is 6.63. The highest BCUT2D eigenvalue weighted by Crippen LogP contribution is 2.26. The third-order valence-electron chi connectivity index (χ3n) is 4.61. The number of rotatable bonds is 6. The van der Waals surface area contributed by atoms with Crippen LogP contribution in [0.25, 0.3) is 10.9 Å². The molecule has 1 aromatic heterocycles. The summed E-state index contributed by atoms with van der Waals surface area (Å²) < 4.78 is 6.46. The van der Waals surface area contributed by atoms with Crippen molar-refractivity contribution in [3.8, 4) is 5.75 Å².